The first-order valence-corrected chi connectivity index (χ1v) is 11.0. The van der Waals surface area contributed by atoms with Crippen LogP contribution >= 0.6 is 0 Å². The molecule has 2 aromatic carbocycles. The minimum Gasteiger partial charge on any atom is -0.491 e. The monoisotopic (exact) mass is 404 g/mol. The number of rotatable bonds is 7. The van der Waals surface area contributed by atoms with Gasteiger partial charge in [0, 0.05) is 32.7 Å². The number of piperazine rings is 1. The van der Waals surface area contributed by atoms with Crippen molar-refractivity contribution in [1.29, 1.82) is 0 Å². The maximum atomic E-state index is 12.7. The molecule has 0 spiro atoms. The Hall–Kier alpha value is -1.93. The van der Waals surface area contributed by atoms with Crippen LogP contribution in [-0.4, -0.2) is 68.2 Å². The van der Waals surface area contributed by atoms with Crippen molar-refractivity contribution in [1.82, 2.24) is 9.21 Å². The van der Waals surface area contributed by atoms with Gasteiger partial charge in [0.05, 0.1) is 4.90 Å². The van der Waals surface area contributed by atoms with Crippen LogP contribution in [-0.2, 0) is 10.0 Å². The first-order valence-electron chi connectivity index (χ1n) is 9.52. The Balaban J connectivity index is 1.48. The normalized spacial score (nSPS) is 17.4. The van der Waals surface area contributed by atoms with Gasteiger partial charge in [-0.15, -0.1) is 0 Å². The largest absolute Gasteiger partial charge is 0.491 e. The lowest BCUT2D eigenvalue weighted by Crippen LogP contribution is -2.50. The molecular weight excluding hydrogens is 376 g/mol. The van der Waals surface area contributed by atoms with E-state index in [1.165, 1.54) is 4.31 Å². The molecule has 0 amide bonds. The summed E-state index contributed by atoms with van der Waals surface area (Å²) in [7, 11) is -3.45. The van der Waals surface area contributed by atoms with Crippen molar-refractivity contribution in [2.75, 3.05) is 39.3 Å². The van der Waals surface area contributed by atoms with Gasteiger partial charge in [-0.2, -0.15) is 4.31 Å². The molecule has 0 aliphatic carbocycles. The minimum atomic E-state index is -3.45. The van der Waals surface area contributed by atoms with Crippen molar-refractivity contribution in [3.05, 3.63) is 59.7 Å². The molecule has 2 aromatic rings. The van der Waals surface area contributed by atoms with Crippen LogP contribution in [0.4, 0.5) is 0 Å². The molecule has 0 bridgehead atoms. The molecule has 1 unspecified atom stereocenters. The Morgan fingerprint density at radius 3 is 2.39 bits per heavy atom. The lowest BCUT2D eigenvalue weighted by atomic mass is 10.1. The van der Waals surface area contributed by atoms with Gasteiger partial charge in [-0.1, -0.05) is 30.3 Å². The van der Waals surface area contributed by atoms with Crippen LogP contribution in [0.15, 0.2) is 53.4 Å². The molecule has 6 nitrogen and oxygen atoms in total. The van der Waals surface area contributed by atoms with Gasteiger partial charge in [0.15, 0.2) is 0 Å². The van der Waals surface area contributed by atoms with Crippen molar-refractivity contribution in [2.45, 2.75) is 24.8 Å². The van der Waals surface area contributed by atoms with E-state index in [9.17, 15) is 13.5 Å². The van der Waals surface area contributed by atoms with E-state index in [0.29, 0.717) is 37.6 Å². The maximum absolute atomic E-state index is 12.7. The fourth-order valence-electron chi connectivity index (χ4n) is 3.29. The molecule has 0 aromatic heterocycles. The van der Waals surface area contributed by atoms with Crippen LogP contribution in [0.5, 0.6) is 5.75 Å². The van der Waals surface area contributed by atoms with Crippen LogP contribution in [0.25, 0.3) is 0 Å². The maximum Gasteiger partial charge on any atom is 0.243 e. The third-order valence-electron chi connectivity index (χ3n) is 4.96. The molecule has 28 heavy (non-hydrogen) atoms. The highest BCUT2D eigenvalue weighted by Gasteiger charge is 2.28. The Morgan fingerprint density at radius 2 is 1.71 bits per heavy atom. The smallest absolute Gasteiger partial charge is 0.243 e. The van der Waals surface area contributed by atoms with Gasteiger partial charge in [-0.25, -0.2) is 8.42 Å². The van der Waals surface area contributed by atoms with Crippen LogP contribution in [0, 0.1) is 13.8 Å². The summed E-state index contributed by atoms with van der Waals surface area (Å²) in [5.41, 5.74) is 2.16. The summed E-state index contributed by atoms with van der Waals surface area (Å²) in [5, 5.41) is 10.3. The van der Waals surface area contributed by atoms with E-state index in [4.69, 9.17) is 4.74 Å². The second-order valence-corrected chi connectivity index (χ2v) is 9.19. The number of β-amino-alcohol motifs (C(OH)–C–C–N with tert-alkyl or cyclic N) is 1. The van der Waals surface area contributed by atoms with Crippen molar-refractivity contribution in [2.24, 2.45) is 0 Å². The number of aliphatic hydroxyl groups is 1. The van der Waals surface area contributed by atoms with Gasteiger partial charge in [0.25, 0.3) is 0 Å². The fourth-order valence-corrected chi connectivity index (χ4v) is 4.74. The van der Waals surface area contributed by atoms with Gasteiger partial charge in [0.2, 0.25) is 10.0 Å². The zero-order chi connectivity index (χ0) is 20.1. The van der Waals surface area contributed by atoms with E-state index in [2.05, 4.69) is 4.90 Å². The van der Waals surface area contributed by atoms with Crippen molar-refractivity contribution in [3.8, 4) is 5.75 Å². The number of sulfonamides is 1. The second-order valence-electron chi connectivity index (χ2n) is 7.25. The third-order valence-corrected chi connectivity index (χ3v) is 6.87. The van der Waals surface area contributed by atoms with E-state index in [1.54, 1.807) is 30.3 Å². The number of hydrogen-bond donors (Lipinski definition) is 1. The lowest BCUT2D eigenvalue weighted by molar-refractivity contribution is 0.0567. The SMILES string of the molecule is Cc1ccc(C)c(OCC(O)CN2CCN(S(=O)(=O)c3ccccc3)CC2)c1. The van der Waals surface area contributed by atoms with Crippen LogP contribution in [0.3, 0.4) is 0 Å². The van der Waals surface area contributed by atoms with Crippen molar-refractivity contribution < 1.29 is 18.3 Å². The van der Waals surface area contributed by atoms with E-state index in [0.717, 1.165) is 16.9 Å². The number of benzene rings is 2. The molecule has 1 N–H and O–H groups in total. The molecule has 1 heterocycles. The zero-order valence-corrected chi connectivity index (χ0v) is 17.2. The molecule has 3 rings (SSSR count). The van der Waals surface area contributed by atoms with Gasteiger partial charge in [-0.3, -0.25) is 4.90 Å². The van der Waals surface area contributed by atoms with Crippen LogP contribution < -0.4 is 4.74 Å². The van der Waals surface area contributed by atoms with Crippen molar-refractivity contribution >= 4 is 10.0 Å². The Bertz CT molecular complexity index is 879. The van der Waals surface area contributed by atoms with E-state index in [1.807, 2.05) is 32.0 Å². The number of aliphatic hydroxyl groups excluding tert-OH is 1. The Morgan fingerprint density at radius 1 is 1.04 bits per heavy atom. The highest BCUT2D eigenvalue weighted by Crippen LogP contribution is 2.20. The van der Waals surface area contributed by atoms with E-state index < -0.39 is 16.1 Å². The summed E-state index contributed by atoms with van der Waals surface area (Å²) < 4.78 is 32.6. The number of nitrogens with zero attached hydrogens (tertiary/aromatic N) is 2. The first kappa shape index (κ1) is 20.8. The highest BCUT2D eigenvalue weighted by molar-refractivity contribution is 7.89. The summed E-state index contributed by atoms with van der Waals surface area (Å²) in [4.78, 5) is 2.40. The standard InChI is InChI=1S/C21H28N2O4S/c1-17-8-9-18(2)21(14-17)27-16-19(24)15-22-10-12-23(13-11-22)28(25,26)20-6-4-3-5-7-20/h3-9,14,19,24H,10-13,15-16H2,1-2H3. The topological polar surface area (TPSA) is 70.1 Å². The molecule has 1 aliphatic heterocycles. The van der Waals surface area contributed by atoms with Crippen LogP contribution in [0.1, 0.15) is 11.1 Å². The molecule has 152 valence electrons. The zero-order valence-electron chi connectivity index (χ0n) is 16.4. The quantitative estimate of drug-likeness (QED) is 0.765. The predicted molar refractivity (Wildman–Crippen MR) is 109 cm³/mol. The molecule has 1 saturated heterocycles. The molecule has 1 atom stereocenters. The molecule has 0 radical (unpaired) electrons. The first-order chi connectivity index (χ1) is 13.4. The van der Waals surface area contributed by atoms with Gasteiger partial charge >= 0.3 is 0 Å². The summed E-state index contributed by atoms with van der Waals surface area (Å²) in [5.74, 6) is 0.790. The number of ether oxygens (including phenoxy) is 1. The van der Waals surface area contributed by atoms with Gasteiger partial charge in [-0.05, 0) is 43.2 Å². The van der Waals surface area contributed by atoms with Crippen LogP contribution in [0.2, 0.25) is 0 Å². The summed E-state index contributed by atoms with van der Waals surface area (Å²) >= 11 is 0. The van der Waals surface area contributed by atoms with Gasteiger partial charge in [0.1, 0.15) is 18.5 Å². The van der Waals surface area contributed by atoms with Gasteiger partial charge < -0.3 is 9.84 Å². The van der Waals surface area contributed by atoms with E-state index in [-0.39, 0.29) is 6.61 Å². The summed E-state index contributed by atoms with van der Waals surface area (Å²) in [6, 6.07) is 14.5. The Labute approximate surface area is 167 Å². The molecule has 0 saturated carbocycles. The average molecular weight is 405 g/mol. The molecule has 7 heteroatoms. The van der Waals surface area contributed by atoms with E-state index >= 15 is 0 Å². The summed E-state index contributed by atoms with van der Waals surface area (Å²) in [6.07, 6.45) is -0.628. The fraction of sp³-hybridized carbons (Fsp3) is 0.429. The number of aryl methyl sites for hydroxylation is 2. The third kappa shape index (κ3) is 5.11. The molecule has 1 aliphatic rings. The predicted octanol–water partition coefficient (Wildman–Crippen LogP) is 2.05. The van der Waals surface area contributed by atoms with Crippen molar-refractivity contribution in [3.63, 3.8) is 0 Å². The molecular formula is C21H28N2O4S. The highest BCUT2D eigenvalue weighted by atomic mass is 32.2. The summed E-state index contributed by atoms with van der Waals surface area (Å²) in [6.45, 7) is 6.68. The molecule has 1 fully saturated rings. The average Bonchev–Trinajstić information content (AvgIpc) is 2.70. The number of hydrogen-bond acceptors (Lipinski definition) is 5. The minimum absolute atomic E-state index is 0.215. The Kier molecular flexibility index (Phi) is 6.72. The lowest BCUT2D eigenvalue weighted by Gasteiger charge is -2.34. The second kappa shape index (κ2) is 9.05.